The summed E-state index contributed by atoms with van der Waals surface area (Å²) in [4.78, 5) is 6.63. The molecule has 5 heteroatoms. The maximum absolute atomic E-state index is 9.51. The second-order valence-electron chi connectivity index (χ2n) is 3.62. The van der Waals surface area contributed by atoms with Crippen LogP contribution >= 0.6 is 10.1 Å². The third-order valence-corrected chi connectivity index (χ3v) is 2.61. The molecule has 1 N–H and O–H groups in total. The van der Waals surface area contributed by atoms with Crippen molar-refractivity contribution in [2.45, 2.75) is 13.8 Å². The Hall–Kier alpha value is -0.541. The monoisotopic (exact) mass is 318 g/mol. The molecular weight excluding hydrogens is 299 g/mol. The topological polar surface area (TPSA) is 35.8 Å². The fraction of sp³-hybridized carbons (Fsp3) is 0.462. The van der Waals surface area contributed by atoms with Gasteiger partial charge < -0.3 is 10.0 Å². The minimum atomic E-state index is 0.286. The van der Waals surface area contributed by atoms with E-state index in [1.54, 1.807) is 12.3 Å². The molecule has 0 aliphatic heterocycles. The average molecular weight is 319 g/mol. The van der Waals surface area contributed by atoms with E-state index in [1.165, 1.54) is 0 Å². The summed E-state index contributed by atoms with van der Waals surface area (Å²) in [6.45, 7) is 8.16. The molecule has 0 atom stereocenters. The Bertz CT molecular complexity index is 344. The predicted molar refractivity (Wildman–Crippen MR) is 74.2 cm³/mol. The van der Waals surface area contributed by atoms with Gasteiger partial charge in [-0.25, -0.2) is 0 Å². The van der Waals surface area contributed by atoms with E-state index in [4.69, 9.17) is 0 Å². The molecule has 0 heterocycles. The standard InChI is InChI=1S/C13H20N2O.ClH.Cu/c1-3-15(4-2)10-9-14-11-12-7-5-6-8-13(12)16;;/h5-8,11,16H,3-4,9-10H2,1-2H3;1H;/q;;+2/p-1. The molecule has 0 spiro atoms. The van der Waals surface area contributed by atoms with Crippen LogP contribution in [0.15, 0.2) is 29.3 Å². The average Bonchev–Trinajstić information content (AvgIpc) is 2.43. The van der Waals surface area contributed by atoms with Gasteiger partial charge in [-0.3, -0.25) is 4.99 Å². The number of benzene rings is 1. The molecule has 105 valence electrons. The van der Waals surface area contributed by atoms with Crippen LogP contribution in [-0.4, -0.2) is 42.4 Å². The van der Waals surface area contributed by atoms with Gasteiger partial charge in [0.1, 0.15) is 5.75 Å². The quantitative estimate of drug-likeness (QED) is 0.646. The Morgan fingerprint density at radius 1 is 1.28 bits per heavy atom. The molecule has 0 aromatic heterocycles. The van der Waals surface area contributed by atoms with Crippen LogP contribution in [0, 0.1) is 0 Å². The third kappa shape index (κ3) is 7.02. The minimum absolute atomic E-state index is 0.286. The molecule has 0 fully saturated rings. The summed E-state index contributed by atoms with van der Waals surface area (Å²) in [5, 5.41) is 9.51. The van der Waals surface area contributed by atoms with E-state index in [-0.39, 0.29) is 5.75 Å². The summed E-state index contributed by atoms with van der Waals surface area (Å²) in [6.07, 6.45) is 1.73. The van der Waals surface area contributed by atoms with Gasteiger partial charge in [-0.1, -0.05) is 26.0 Å². The van der Waals surface area contributed by atoms with E-state index in [1.807, 2.05) is 18.2 Å². The van der Waals surface area contributed by atoms with Crippen LogP contribution in [-0.2, 0) is 15.1 Å². The van der Waals surface area contributed by atoms with Crippen molar-refractivity contribution < 1.29 is 20.2 Å². The number of aliphatic imine (C=N–C) groups is 1. The van der Waals surface area contributed by atoms with Gasteiger partial charge >= 0.3 is 25.2 Å². The number of phenols is 1. The number of likely N-dealkylation sites (N-methyl/N-ethyl adjacent to an activating group) is 1. The Morgan fingerprint density at radius 3 is 2.44 bits per heavy atom. The Kier molecular flexibility index (Phi) is 11.2. The Balaban J connectivity index is 0.00000137. The van der Waals surface area contributed by atoms with E-state index in [0.29, 0.717) is 0 Å². The van der Waals surface area contributed by atoms with Crippen LogP contribution in [0.3, 0.4) is 0 Å². The molecule has 0 saturated heterocycles. The van der Waals surface area contributed by atoms with Crippen LogP contribution in [0.2, 0.25) is 0 Å². The normalized spacial score (nSPS) is 10.6. The van der Waals surface area contributed by atoms with Crippen molar-refractivity contribution in [1.82, 2.24) is 4.90 Å². The summed E-state index contributed by atoms with van der Waals surface area (Å²) in [6, 6.07) is 7.23. The molecule has 0 amide bonds. The first-order valence-corrected chi connectivity index (χ1v) is 7.19. The summed E-state index contributed by atoms with van der Waals surface area (Å²) in [7, 11) is 4.20. The number of rotatable bonds is 6. The van der Waals surface area contributed by atoms with E-state index < -0.39 is 0 Å². The van der Waals surface area contributed by atoms with Crippen molar-refractivity contribution in [2.75, 3.05) is 26.2 Å². The molecule has 1 rings (SSSR count). The van der Waals surface area contributed by atoms with Crippen molar-refractivity contribution in [3.63, 3.8) is 0 Å². The van der Waals surface area contributed by atoms with Crippen LogP contribution in [0.5, 0.6) is 5.75 Å². The summed E-state index contributed by atoms with van der Waals surface area (Å²) < 4.78 is 0. The second-order valence-corrected chi connectivity index (χ2v) is 3.62. The van der Waals surface area contributed by atoms with Gasteiger partial charge in [0.05, 0.1) is 6.54 Å². The van der Waals surface area contributed by atoms with Gasteiger partial charge in [-0.05, 0) is 25.2 Å². The predicted octanol–water partition coefficient (Wildman–Crippen LogP) is 2.84. The molecule has 18 heavy (non-hydrogen) atoms. The van der Waals surface area contributed by atoms with Crippen molar-refractivity contribution in [1.29, 1.82) is 0 Å². The van der Waals surface area contributed by atoms with Crippen LogP contribution < -0.4 is 0 Å². The third-order valence-electron chi connectivity index (χ3n) is 2.61. The fourth-order valence-electron chi connectivity index (χ4n) is 1.50. The molecular formula is C13H20ClCuN2O+. The number of para-hydroxylation sites is 1. The van der Waals surface area contributed by atoms with E-state index in [0.717, 1.165) is 31.7 Å². The number of halogens is 1. The van der Waals surface area contributed by atoms with Gasteiger partial charge in [0, 0.05) is 18.3 Å². The Morgan fingerprint density at radius 2 is 1.89 bits per heavy atom. The molecule has 0 aliphatic rings. The van der Waals surface area contributed by atoms with Crippen LogP contribution in [0.25, 0.3) is 0 Å². The SMILES string of the molecule is CCN(CC)CCN=Cc1ccccc1O.[Cl][Cu+]. The molecule has 1 aromatic carbocycles. The zero-order valence-corrected chi connectivity index (χ0v) is 12.4. The first-order valence-electron chi connectivity index (χ1n) is 5.89. The molecule has 3 nitrogen and oxygen atoms in total. The number of phenolic OH excluding ortho intramolecular Hbond substituents is 1. The van der Waals surface area contributed by atoms with E-state index in [9.17, 15) is 5.11 Å². The summed E-state index contributed by atoms with van der Waals surface area (Å²) in [5.41, 5.74) is 0.780. The summed E-state index contributed by atoms with van der Waals surface area (Å²) >= 11 is 3.66. The first-order chi connectivity index (χ1) is 8.77. The molecule has 0 radical (unpaired) electrons. The molecule has 0 aliphatic carbocycles. The van der Waals surface area contributed by atoms with E-state index >= 15 is 0 Å². The second kappa shape index (κ2) is 11.5. The van der Waals surface area contributed by atoms with Gasteiger partial charge in [0.15, 0.2) is 0 Å². The first kappa shape index (κ1) is 17.5. The molecule has 0 unspecified atom stereocenters. The Labute approximate surface area is 122 Å². The van der Waals surface area contributed by atoms with Crippen molar-refractivity contribution >= 4 is 16.3 Å². The maximum atomic E-state index is 9.51. The molecule has 0 saturated carbocycles. The van der Waals surface area contributed by atoms with Gasteiger partial charge in [-0.2, -0.15) is 0 Å². The van der Waals surface area contributed by atoms with Crippen LogP contribution in [0.1, 0.15) is 19.4 Å². The van der Waals surface area contributed by atoms with Gasteiger partial charge in [0.25, 0.3) is 0 Å². The molecule has 1 aromatic rings. The summed E-state index contributed by atoms with van der Waals surface area (Å²) in [5.74, 6) is 0.286. The number of hydrogen-bond acceptors (Lipinski definition) is 3. The number of hydrogen-bond donors (Lipinski definition) is 1. The van der Waals surface area contributed by atoms with Crippen molar-refractivity contribution in [3.8, 4) is 5.75 Å². The van der Waals surface area contributed by atoms with Crippen LogP contribution in [0.4, 0.5) is 0 Å². The van der Waals surface area contributed by atoms with Gasteiger partial charge in [0.2, 0.25) is 0 Å². The van der Waals surface area contributed by atoms with Crippen molar-refractivity contribution in [3.05, 3.63) is 29.8 Å². The zero-order valence-electron chi connectivity index (χ0n) is 10.7. The fourth-order valence-corrected chi connectivity index (χ4v) is 1.50. The van der Waals surface area contributed by atoms with E-state index in [2.05, 4.69) is 48.9 Å². The van der Waals surface area contributed by atoms with Gasteiger partial charge in [-0.15, -0.1) is 0 Å². The molecule has 0 bridgehead atoms. The number of nitrogens with zero attached hydrogens (tertiary/aromatic N) is 2. The number of aromatic hydroxyl groups is 1. The van der Waals surface area contributed by atoms with Crippen molar-refractivity contribution in [2.24, 2.45) is 4.99 Å². The zero-order chi connectivity index (χ0) is 13.8.